The van der Waals surface area contributed by atoms with Crippen molar-refractivity contribution < 1.29 is 0 Å². The van der Waals surface area contributed by atoms with Crippen LogP contribution in [-0.4, -0.2) is 21.5 Å². The molecule has 0 saturated heterocycles. The summed E-state index contributed by atoms with van der Waals surface area (Å²) in [5, 5.41) is 8.62. The lowest BCUT2D eigenvalue weighted by atomic mass is 10.1. The van der Waals surface area contributed by atoms with Crippen molar-refractivity contribution in [2.24, 2.45) is 0 Å². The number of rotatable bonds is 5. The second-order valence-electron chi connectivity index (χ2n) is 4.70. The molecule has 5 nitrogen and oxygen atoms in total. The van der Waals surface area contributed by atoms with Crippen LogP contribution in [-0.2, 0) is 0 Å². The number of fused-ring (bicyclic) bond motifs is 1. The maximum atomic E-state index is 4.44. The number of hydrogen-bond acceptors (Lipinski definition) is 5. The normalized spacial score (nSPS) is 10.5. The molecular formula is C16H17N5. The zero-order valence-corrected chi connectivity index (χ0v) is 11.9. The van der Waals surface area contributed by atoms with Crippen molar-refractivity contribution in [2.75, 3.05) is 17.2 Å². The second-order valence-corrected chi connectivity index (χ2v) is 4.70. The highest BCUT2D eigenvalue weighted by Gasteiger charge is 2.04. The fraction of sp³-hybridized carbons (Fsp3) is 0.188. The van der Waals surface area contributed by atoms with Crippen molar-refractivity contribution >= 4 is 28.4 Å². The Hall–Kier alpha value is -2.69. The molecule has 0 amide bonds. The molecule has 2 heterocycles. The number of nitrogens with one attached hydrogen (secondary N) is 2. The summed E-state index contributed by atoms with van der Waals surface area (Å²) in [7, 11) is 0. The molecule has 2 N–H and O–H groups in total. The van der Waals surface area contributed by atoms with Crippen LogP contribution in [0.2, 0.25) is 0 Å². The van der Waals surface area contributed by atoms with Crippen LogP contribution in [0.4, 0.5) is 17.6 Å². The SMILES string of the molecule is CCCNc1ccnc(Nc2nccc3ccccc23)n1. The zero-order valence-electron chi connectivity index (χ0n) is 11.9. The van der Waals surface area contributed by atoms with Crippen molar-refractivity contribution in [3.05, 3.63) is 48.8 Å². The highest BCUT2D eigenvalue weighted by molar-refractivity contribution is 5.92. The van der Waals surface area contributed by atoms with Gasteiger partial charge in [-0.3, -0.25) is 0 Å². The van der Waals surface area contributed by atoms with Crippen LogP contribution in [0.5, 0.6) is 0 Å². The van der Waals surface area contributed by atoms with Gasteiger partial charge < -0.3 is 10.6 Å². The van der Waals surface area contributed by atoms with E-state index < -0.39 is 0 Å². The monoisotopic (exact) mass is 279 g/mol. The molecule has 0 saturated carbocycles. The standard InChI is InChI=1S/C16H17N5/c1-2-9-17-14-8-11-19-16(20-14)21-15-13-6-4-3-5-12(13)7-10-18-15/h3-8,10-11H,2,9H2,1H3,(H2,17,18,19,20,21). The lowest BCUT2D eigenvalue weighted by molar-refractivity contribution is 0.965. The van der Waals surface area contributed by atoms with Gasteiger partial charge in [-0.05, 0) is 23.9 Å². The molecule has 0 aliphatic heterocycles. The van der Waals surface area contributed by atoms with E-state index in [4.69, 9.17) is 0 Å². The van der Waals surface area contributed by atoms with Gasteiger partial charge in [0, 0.05) is 24.3 Å². The third kappa shape index (κ3) is 3.08. The Kier molecular flexibility index (Phi) is 3.91. The molecule has 0 aliphatic rings. The van der Waals surface area contributed by atoms with Crippen molar-refractivity contribution in [2.45, 2.75) is 13.3 Å². The number of anilines is 3. The van der Waals surface area contributed by atoms with Crippen LogP contribution in [0.3, 0.4) is 0 Å². The van der Waals surface area contributed by atoms with Gasteiger partial charge in [-0.25, -0.2) is 9.97 Å². The molecule has 0 spiro atoms. The van der Waals surface area contributed by atoms with Crippen LogP contribution in [0, 0.1) is 0 Å². The summed E-state index contributed by atoms with van der Waals surface area (Å²) in [6.07, 6.45) is 4.57. The van der Waals surface area contributed by atoms with E-state index >= 15 is 0 Å². The first kappa shape index (κ1) is 13.3. The van der Waals surface area contributed by atoms with Gasteiger partial charge in [0.25, 0.3) is 0 Å². The van der Waals surface area contributed by atoms with Gasteiger partial charge in [-0.15, -0.1) is 0 Å². The quantitative estimate of drug-likeness (QED) is 0.747. The topological polar surface area (TPSA) is 62.7 Å². The van der Waals surface area contributed by atoms with Crippen molar-refractivity contribution in [3.8, 4) is 0 Å². The first-order valence-corrected chi connectivity index (χ1v) is 7.04. The fourth-order valence-electron chi connectivity index (χ4n) is 2.10. The molecule has 2 aromatic heterocycles. The minimum Gasteiger partial charge on any atom is -0.370 e. The third-order valence-electron chi connectivity index (χ3n) is 3.12. The molecule has 0 unspecified atom stereocenters. The highest BCUT2D eigenvalue weighted by Crippen LogP contribution is 2.22. The highest BCUT2D eigenvalue weighted by atomic mass is 15.2. The molecule has 106 valence electrons. The maximum absolute atomic E-state index is 4.44. The number of hydrogen-bond donors (Lipinski definition) is 2. The predicted molar refractivity (Wildman–Crippen MR) is 85.8 cm³/mol. The first-order chi connectivity index (χ1) is 10.4. The second kappa shape index (κ2) is 6.17. The Balaban J connectivity index is 1.88. The summed E-state index contributed by atoms with van der Waals surface area (Å²) in [5.41, 5.74) is 0. The van der Waals surface area contributed by atoms with Gasteiger partial charge in [0.05, 0.1) is 0 Å². The number of aromatic nitrogens is 3. The van der Waals surface area contributed by atoms with Crippen LogP contribution >= 0.6 is 0 Å². The van der Waals surface area contributed by atoms with E-state index in [-0.39, 0.29) is 0 Å². The summed E-state index contributed by atoms with van der Waals surface area (Å²) in [4.78, 5) is 13.1. The minimum absolute atomic E-state index is 0.542. The zero-order chi connectivity index (χ0) is 14.5. The van der Waals surface area contributed by atoms with Crippen LogP contribution in [0.1, 0.15) is 13.3 Å². The van der Waals surface area contributed by atoms with Crippen LogP contribution < -0.4 is 10.6 Å². The summed E-state index contributed by atoms with van der Waals surface area (Å²) >= 11 is 0. The smallest absolute Gasteiger partial charge is 0.230 e. The van der Waals surface area contributed by atoms with E-state index in [9.17, 15) is 0 Å². The Morgan fingerprint density at radius 1 is 1.00 bits per heavy atom. The molecular weight excluding hydrogens is 262 g/mol. The molecule has 0 atom stereocenters. The van der Waals surface area contributed by atoms with E-state index in [0.29, 0.717) is 5.95 Å². The van der Waals surface area contributed by atoms with Crippen LogP contribution in [0.25, 0.3) is 10.8 Å². The number of benzene rings is 1. The molecule has 0 fully saturated rings. The number of nitrogens with zero attached hydrogens (tertiary/aromatic N) is 3. The predicted octanol–water partition coefficient (Wildman–Crippen LogP) is 3.59. The largest absolute Gasteiger partial charge is 0.370 e. The minimum atomic E-state index is 0.542. The van der Waals surface area contributed by atoms with Gasteiger partial charge in [0.15, 0.2) is 0 Å². The average Bonchev–Trinajstić information content (AvgIpc) is 2.54. The Labute approximate surface area is 123 Å². The van der Waals surface area contributed by atoms with Gasteiger partial charge >= 0.3 is 0 Å². The van der Waals surface area contributed by atoms with Crippen molar-refractivity contribution in [1.82, 2.24) is 15.0 Å². The van der Waals surface area contributed by atoms with E-state index in [2.05, 4.69) is 38.6 Å². The summed E-state index contributed by atoms with van der Waals surface area (Å²) < 4.78 is 0. The molecule has 0 radical (unpaired) electrons. The molecule has 21 heavy (non-hydrogen) atoms. The Bertz CT molecular complexity index is 736. The molecule has 5 heteroatoms. The van der Waals surface area contributed by atoms with Crippen molar-refractivity contribution in [3.63, 3.8) is 0 Å². The van der Waals surface area contributed by atoms with E-state index in [1.165, 1.54) is 0 Å². The van der Waals surface area contributed by atoms with E-state index in [0.717, 1.165) is 35.4 Å². The summed E-state index contributed by atoms with van der Waals surface area (Å²) in [6, 6.07) is 11.9. The molecule has 3 aromatic rings. The van der Waals surface area contributed by atoms with Gasteiger partial charge in [-0.2, -0.15) is 4.98 Å². The molecule has 0 aliphatic carbocycles. The average molecular weight is 279 g/mol. The van der Waals surface area contributed by atoms with Crippen molar-refractivity contribution in [1.29, 1.82) is 0 Å². The van der Waals surface area contributed by atoms with E-state index in [1.807, 2.05) is 30.3 Å². The summed E-state index contributed by atoms with van der Waals surface area (Å²) in [5.74, 6) is 2.12. The van der Waals surface area contributed by atoms with Gasteiger partial charge in [0.2, 0.25) is 5.95 Å². The van der Waals surface area contributed by atoms with Gasteiger partial charge in [0.1, 0.15) is 11.6 Å². The third-order valence-corrected chi connectivity index (χ3v) is 3.12. The number of pyridine rings is 1. The Morgan fingerprint density at radius 3 is 2.76 bits per heavy atom. The molecule has 0 bridgehead atoms. The summed E-state index contributed by atoms with van der Waals surface area (Å²) in [6.45, 7) is 3.01. The molecule has 1 aromatic carbocycles. The first-order valence-electron chi connectivity index (χ1n) is 7.04. The fourth-order valence-corrected chi connectivity index (χ4v) is 2.10. The lowest BCUT2D eigenvalue weighted by Gasteiger charge is -2.09. The van der Waals surface area contributed by atoms with Crippen LogP contribution in [0.15, 0.2) is 48.8 Å². The van der Waals surface area contributed by atoms with E-state index in [1.54, 1.807) is 12.4 Å². The molecule has 3 rings (SSSR count). The maximum Gasteiger partial charge on any atom is 0.230 e. The Morgan fingerprint density at radius 2 is 1.86 bits per heavy atom. The van der Waals surface area contributed by atoms with Gasteiger partial charge in [-0.1, -0.05) is 31.2 Å². The lowest BCUT2D eigenvalue weighted by Crippen LogP contribution is -2.05.